The standard InChI is InChI=1S/C18H12F2N4/c1-10-23-17(11-2-4-13(19)14(20)8-11)18(24-10)12-3-5-15-16(9-12)22-7-6-21-15/h2-9H,1H3,(H,23,24). The van der Waals surface area contributed by atoms with Gasteiger partial charge in [0, 0.05) is 23.5 Å². The zero-order valence-corrected chi connectivity index (χ0v) is 12.7. The highest BCUT2D eigenvalue weighted by Gasteiger charge is 2.15. The summed E-state index contributed by atoms with van der Waals surface area (Å²) in [6.07, 6.45) is 3.26. The van der Waals surface area contributed by atoms with E-state index in [1.54, 1.807) is 12.4 Å². The van der Waals surface area contributed by atoms with E-state index in [2.05, 4.69) is 19.9 Å². The van der Waals surface area contributed by atoms with Gasteiger partial charge in [-0.3, -0.25) is 9.97 Å². The summed E-state index contributed by atoms with van der Waals surface area (Å²) in [7, 11) is 0. The molecule has 0 atom stereocenters. The van der Waals surface area contributed by atoms with E-state index in [-0.39, 0.29) is 0 Å². The minimum absolute atomic E-state index is 0.507. The summed E-state index contributed by atoms with van der Waals surface area (Å²) in [6, 6.07) is 9.41. The number of hydrogen-bond acceptors (Lipinski definition) is 3. The highest BCUT2D eigenvalue weighted by Crippen LogP contribution is 2.31. The van der Waals surface area contributed by atoms with Gasteiger partial charge >= 0.3 is 0 Å². The fraction of sp³-hybridized carbons (Fsp3) is 0.0556. The predicted octanol–water partition coefficient (Wildman–Crippen LogP) is 4.27. The van der Waals surface area contributed by atoms with E-state index in [1.807, 2.05) is 25.1 Å². The number of aryl methyl sites for hydroxylation is 1. The summed E-state index contributed by atoms with van der Waals surface area (Å²) in [4.78, 5) is 16.1. The third-order valence-corrected chi connectivity index (χ3v) is 3.77. The third-order valence-electron chi connectivity index (χ3n) is 3.77. The van der Waals surface area contributed by atoms with Crippen LogP contribution >= 0.6 is 0 Å². The molecule has 4 nitrogen and oxygen atoms in total. The highest BCUT2D eigenvalue weighted by molar-refractivity contribution is 5.85. The van der Waals surface area contributed by atoms with Crippen LogP contribution in [0.15, 0.2) is 48.8 Å². The number of benzene rings is 2. The summed E-state index contributed by atoms with van der Waals surface area (Å²) in [6.45, 7) is 1.81. The van der Waals surface area contributed by atoms with Crippen LogP contribution in [0.3, 0.4) is 0 Å². The molecule has 4 rings (SSSR count). The maximum Gasteiger partial charge on any atom is 0.159 e. The Morgan fingerprint density at radius 3 is 2.38 bits per heavy atom. The number of nitrogens with one attached hydrogen (secondary N) is 1. The van der Waals surface area contributed by atoms with Crippen LogP contribution in [-0.2, 0) is 0 Å². The molecule has 1 N–H and O–H groups in total. The SMILES string of the molecule is Cc1nc(-c2ccc(F)c(F)c2)c(-c2ccc3nccnc3c2)[nH]1. The second-order valence-electron chi connectivity index (χ2n) is 5.43. The van der Waals surface area contributed by atoms with Gasteiger partial charge in [0.2, 0.25) is 0 Å². The Morgan fingerprint density at radius 2 is 1.58 bits per heavy atom. The molecule has 0 aliphatic rings. The minimum atomic E-state index is -0.900. The summed E-state index contributed by atoms with van der Waals surface area (Å²) in [5.41, 5.74) is 4.18. The molecule has 0 radical (unpaired) electrons. The Morgan fingerprint density at radius 1 is 0.833 bits per heavy atom. The quantitative estimate of drug-likeness (QED) is 0.599. The fourth-order valence-corrected chi connectivity index (χ4v) is 2.67. The van der Waals surface area contributed by atoms with Gasteiger partial charge in [-0.25, -0.2) is 13.8 Å². The van der Waals surface area contributed by atoms with Crippen LogP contribution < -0.4 is 0 Å². The number of hydrogen-bond donors (Lipinski definition) is 1. The highest BCUT2D eigenvalue weighted by atomic mass is 19.2. The normalized spacial score (nSPS) is 11.1. The molecule has 6 heteroatoms. The largest absolute Gasteiger partial charge is 0.342 e. The average Bonchev–Trinajstić information content (AvgIpc) is 2.99. The summed E-state index contributed by atoms with van der Waals surface area (Å²) >= 11 is 0. The number of H-pyrrole nitrogens is 1. The van der Waals surface area contributed by atoms with Crippen molar-refractivity contribution in [3.63, 3.8) is 0 Å². The van der Waals surface area contributed by atoms with Gasteiger partial charge in [-0.2, -0.15) is 0 Å². The topological polar surface area (TPSA) is 54.5 Å². The van der Waals surface area contributed by atoms with E-state index in [0.29, 0.717) is 17.1 Å². The minimum Gasteiger partial charge on any atom is -0.342 e. The van der Waals surface area contributed by atoms with Crippen molar-refractivity contribution in [2.75, 3.05) is 0 Å². The van der Waals surface area contributed by atoms with Crippen LogP contribution in [0.1, 0.15) is 5.82 Å². The number of imidazole rings is 1. The lowest BCUT2D eigenvalue weighted by Crippen LogP contribution is -1.89. The van der Waals surface area contributed by atoms with Crippen LogP contribution in [0.2, 0.25) is 0 Å². The van der Waals surface area contributed by atoms with Crippen LogP contribution in [0, 0.1) is 18.6 Å². The summed E-state index contributed by atoms with van der Waals surface area (Å²) in [5, 5.41) is 0. The van der Waals surface area contributed by atoms with Gasteiger partial charge in [-0.1, -0.05) is 6.07 Å². The van der Waals surface area contributed by atoms with Gasteiger partial charge in [-0.05, 0) is 37.3 Å². The Labute approximate surface area is 136 Å². The van der Waals surface area contributed by atoms with Crippen molar-refractivity contribution in [1.82, 2.24) is 19.9 Å². The van der Waals surface area contributed by atoms with E-state index in [1.165, 1.54) is 6.07 Å². The molecule has 0 saturated heterocycles. The van der Waals surface area contributed by atoms with Crippen molar-refractivity contribution < 1.29 is 8.78 Å². The molecule has 0 unspecified atom stereocenters. The second-order valence-corrected chi connectivity index (χ2v) is 5.43. The Bertz CT molecular complexity index is 1060. The maximum absolute atomic E-state index is 13.6. The van der Waals surface area contributed by atoms with E-state index in [4.69, 9.17) is 0 Å². The van der Waals surface area contributed by atoms with Crippen LogP contribution in [0.4, 0.5) is 8.78 Å². The molecule has 0 aliphatic carbocycles. The van der Waals surface area contributed by atoms with Crippen molar-refractivity contribution in [3.8, 4) is 22.5 Å². The summed E-state index contributed by atoms with van der Waals surface area (Å²) < 4.78 is 26.8. The molecular weight excluding hydrogens is 310 g/mol. The fourth-order valence-electron chi connectivity index (χ4n) is 2.67. The predicted molar refractivity (Wildman–Crippen MR) is 87.2 cm³/mol. The van der Waals surface area contributed by atoms with Gasteiger partial charge in [-0.15, -0.1) is 0 Å². The molecule has 0 fully saturated rings. The van der Waals surface area contributed by atoms with Crippen molar-refractivity contribution >= 4 is 11.0 Å². The van der Waals surface area contributed by atoms with E-state index in [0.717, 1.165) is 34.4 Å². The molecule has 4 aromatic rings. The van der Waals surface area contributed by atoms with Gasteiger partial charge in [0.25, 0.3) is 0 Å². The lowest BCUT2D eigenvalue weighted by Gasteiger charge is -2.05. The van der Waals surface area contributed by atoms with E-state index in [9.17, 15) is 8.78 Å². The van der Waals surface area contributed by atoms with Gasteiger partial charge in [0.1, 0.15) is 5.82 Å². The van der Waals surface area contributed by atoms with Gasteiger partial charge in [0.15, 0.2) is 11.6 Å². The monoisotopic (exact) mass is 322 g/mol. The number of aromatic nitrogens is 4. The van der Waals surface area contributed by atoms with Crippen molar-refractivity contribution in [2.45, 2.75) is 6.92 Å². The number of nitrogens with zero attached hydrogens (tertiary/aromatic N) is 3. The number of halogens is 2. The van der Waals surface area contributed by atoms with Crippen LogP contribution in [-0.4, -0.2) is 19.9 Å². The molecule has 0 spiro atoms. The Hall–Kier alpha value is -3.15. The van der Waals surface area contributed by atoms with Crippen LogP contribution in [0.25, 0.3) is 33.5 Å². The zero-order valence-electron chi connectivity index (χ0n) is 12.7. The average molecular weight is 322 g/mol. The molecule has 2 aromatic heterocycles. The molecular formula is C18H12F2N4. The van der Waals surface area contributed by atoms with E-state index >= 15 is 0 Å². The van der Waals surface area contributed by atoms with Gasteiger partial charge < -0.3 is 4.98 Å². The smallest absolute Gasteiger partial charge is 0.159 e. The molecule has 0 amide bonds. The van der Waals surface area contributed by atoms with Crippen molar-refractivity contribution in [3.05, 3.63) is 66.3 Å². The third kappa shape index (κ3) is 2.42. The Balaban J connectivity index is 1.90. The zero-order chi connectivity index (χ0) is 16.7. The molecule has 0 saturated carbocycles. The van der Waals surface area contributed by atoms with Crippen LogP contribution in [0.5, 0.6) is 0 Å². The summed E-state index contributed by atoms with van der Waals surface area (Å²) in [5.74, 6) is -1.10. The maximum atomic E-state index is 13.6. The van der Waals surface area contributed by atoms with Crippen molar-refractivity contribution in [1.29, 1.82) is 0 Å². The molecule has 2 aromatic carbocycles. The van der Waals surface area contributed by atoms with E-state index < -0.39 is 11.6 Å². The first-order valence-corrected chi connectivity index (χ1v) is 7.35. The molecule has 2 heterocycles. The lowest BCUT2D eigenvalue weighted by atomic mass is 10.0. The lowest BCUT2D eigenvalue weighted by molar-refractivity contribution is 0.509. The first-order chi connectivity index (χ1) is 11.6. The van der Waals surface area contributed by atoms with Crippen molar-refractivity contribution in [2.24, 2.45) is 0 Å². The molecule has 24 heavy (non-hydrogen) atoms. The first kappa shape index (κ1) is 14.4. The number of aromatic amines is 1. The number of fused-ring (bicyclic) bond motifs is 1. The second kappa shape index (κ2) is 5.49. The molecule has 0 aliphatic heterocycles. The first-order valence-electron chi connectivity index (χ1n) is 7.35. The number of rotatable bonds is 2. The molecule has 118 valence electrons. The Kier molecular flexibility index (Phi) is 3.30. The van der Waals surface area contributed by atoms with Gasteiger partial charge in [0.05, 0.1) is 22.4 Å². The molecule has 0 bridgehead atoms.